The summed E-state index contributed by atoms with van der Waals surface area (Å²) in [6, 6.07) is 14.1. The molecule has 3 aromatic rings. The second kappa shape index (κ2) is 7.21. The third kappa shape index (κ3) is 4.78. The first-order chi connectivity index (χ1) is 12.6. The van der Waals surface area contributed by atoms with Crippen LogP contribution < -0.4 is 10.1 Å². The largest absolute Gasteiger partial charge is 0.573 e. The van der Waals surface area contributed by atoms with Crippen molar-refractivity contribution in [3.63, 3.8) is 0 Å². The van der Waals surface area contributed by atoms with Gasteiger partial charge < -0.3 is 15.2 Å². The number of alkyl halides is 3. The number of carbonyl (C=O) groups is 1. The van der Waals surface area contributed by atoms with Crippen molar-refractivity contribution in [2.75, 3.05) is 6.54 Å². The van der Waals surface area contributed by atoms with Gasteiger partial charge in [0.1, 0.15) is 11.4 Å². The van der Waals surface area contributed by atoms with Crippen molar-refractivity contribution in [2.45, 2.75) is 18.9 Å². The fraction of sp³-hybridized carbons (Fsp3) is 0.211. The van der Waals surface area contributed by atoms with Crippen LogP contribution in [0, 0.1) is 0 Å². The highest BCUT2D eigenvalue weighted by Gasteiger charge is 2.31. The third-order valence-corrected chi connectivity index (χ3v) is 5.27. The highest BCUT2D eigenvalue weighted by Crippen LogP contribution is 2.33. The zero-order valence-corrected chi connectivity index (χ0v) is 15.0. The number of halogens is 3. The van der Waals surface area contributed by atoms with E-state index in [4.69, 9.17) is 0 Å². The SMILES string of the molecule is C[C@](O)(CNC(=O)c1ccc(OC(F)(F)F)cc1)c1cc2ccccc2s1. The summed E-state index contributed by atoms with van der Waals surface area (Å²) in [4.78, 5) is 12.9. The first-order valence-corrected chi connectivity index (χ1v) is 8.81. The van der Waals surface area contributed by atoms with Gasteiger partial charge in [-0.05, 0) is 48.7 Å². The minimum atomic E-state index is -4.78. The zero-order valence-electron chi connectivity index (χ0n) is 14.2. The molecule has 0 saturated heterocycles. The summed E-state index contributed by atoms with van der Waals surface area (Å²) >= 11 is 1.43. The second-order valence-electron chi connectivity index (χ2n) is 6.18. The van der Waals surface area contributed by atoms with E-state index in [2.05, 4.69) is 10.1 Å². The molecule has 0 bridgehead atoms. The molecular weight excluding hydrogens is 379 g/mol. The van der Waals surface area contributed by atoms with Gasteiger partial charge in [0, 0.05) is 15.1 Å². The number of benzene rings is 2. The van der Waals surface area contributed by atoms with Crippen LogP contribution in [-0.2, 0) is 5.60 Å². The Bertz CT molecular complexity index is 916. The molecule has 1 heterocycles. The molecule has 0 radical (unpaired) electrons. The minimum Gasteiger partial charge on any atom is -0.406 e. The summed E-state index contributed by atoms with van der Waals surface area (Å²) < 4.78 is 41.3. The van der Waals surface area contributed by atoms with Crippen molar-refractivity contribution in [3.8, 4) is 5.75 Å². The Morgan fingerprint density at radius 2 is 1.81 bits per heavy atom. The average molecular weight is 395 g/mol. The molecule has 0 unspecified atom stereocenters. The average Bonchev–Trinajstić information content (AvgIpc) is 3.04. The fourth-order valence-corrected chi connectivity index (χ4v) is 3.60. The molecule has 0 fully saturated rings. The van der Waals surface area contributed by atoms with Crippen molar-refractivity contribution >= 4 is 27.3 Å². The lowest BCUT2D eigenvalue weighted by Gasteiger charge is -2.22. The van der Waals surface area contributed by atoms with Crippen LogP contribution in [0.2, 0.25) is 0 Å². The number of carbonyl (C=O) groups excluding carboxylic acids is 1. The molecular formula is C19H16F3NO3S. The lowest BCUT2D eigenvalue weighted by Crippen LogP contribution is -2.38. The molecule has 2 N–H and O–H groups in total. The predicted molar refractivity (Wildman–Crippen MR) is 96.9 cm³/mol. The lowest BCUT2D eigenvalue weighted by molar-refractivity contribution is -0.274. The molecule has 1 aromatic heterocycles. The van der Waals surface area contributed by atoms with Crippen molar-refractivity contribution in [2.24, 2.45) is 0 Å². The van der Waals surface area contributed by atoms with Gasteiger partial charge in [-0.15, -0.1) is 24.5 Å². The van der Waals surface area contributed by atoms with Gasteiger partial charge in [0.25, 0.3) is 5.91 Å². The van der Waals surface area contributed by atoms with E-state index >= 15 is 0 Å². The lowest BCUT2D eigenvalue weighted by atomic mass is 10.0. The number of amides is 1. The van der Waals surface area contributed by atoms with Crippen molar-refractivity contribution < 1.29 is 27.8 Å². The summed E-state index contributed by atoms with van der Waals surface area (Å²) in [6.07, 6.45) is -4.78. The number of rotatable bonds is 5. The smallest absolute Gasteiger partial charge is 0.406 e. The van der Waals surface area contributed by atoms with Crippen molar-refractivity contribution in [1.29, 1.82) is 0 Å². The molecule has 0 spiro atoms. The third-order valence-electron chi connectivity index (χ3n) is 3.90. The van der Waals surface area contributed by atoms with E-state index in [1.807, 2.05) is 30.3 Å². The molecule has 1 amide bonds. The van der Waals surface area contributed by atoms with Crippen LogP contribution in [0.5, 0.6) is 5.75 Å². The second-order valence-corrected chi connectivity index (χ2v) is 7.26. The number of nitrogens with one attached hydrogen (secondary N) is 1. The molecule has 4 nitrogen and oxygen atoms in total. The Labute approximate surface area is 157 Å². The Kier molecular flexibility index (Phi) is 5.12. The van der Waals surface area contributed by atoms with Crippen LogP contribution in [0.1, 0.15) is 22.2 Å². The van der Waals surface area contributed by atoms with Gasteiger partial charge in [0.2, 0.25) is 0 Å². The van der Waals surface area contributed by atoms with Crippen LogP contribution in [0.3, 0.4) is 0 Å². The van der Waals surface area contributed by atoms with E-state index in [0.717, 1.165) is 22.2 Å². The maximum absolute atomic E-state index is 12.2. The summed E-state index contributed by atoms with van der Waals surface area (Å²) in [5.41, 5.74) is -1.12. The molecule has 0 aliphatic carbocycles. The maximum atomic E-state index is 12.2. The van der Waals surface area contributed by atoms with Crippen LogP contribution in [0.25, 0.3) is 10.1 Å². The minimum absolute atomic E-state index is 0.0422. The van der Waals surface area contributed by atoms with E-state index in [0.29, 0.717) is 4.88 Å². The quantitative estimate of drug-likeness (QED) is 0.672. The van der Waals surface area contributed by atoms with Gasteiger partial charge in [0.05, 0.1) is 6.54 Å². The number of hydrogen-bond acceptors (Lipinski definition) is 4. The molecule has 27 heavy (non-hydrogen) atoms. The standard InChI is InChI=1S/C19H16F3NO3S/c1-18(25,16-10-13-4-2-3-5-15(13)27-16)11-23-17(24)12-6-8-14(9-7-12)26-19(20,21)22/h2-10,25H,11H2,1H3,(H,23,24)/t18-/m0/s1. The maximum Gasteiger partial charge on any atom is 0.573 e. The Morgan fingerprint density at radius 3 is 2.44 bits per heavy atom. The van der Waals surface area contributed by atoms with E-state index in [-0.39, 0.29) is 12.1 Å². The number of fused-ring (bicyclic) bond motifs is 1. The monoisotopic (exact) mass is 395 g/mol. The van der Waals surface area contributed by atoms with E-state index in [1.165, 1.54) is 23.5 Å². The highest BCUT2D eigenvalue weighted by atomic mass is 32.1. The van der Waals surface area contributed by atoms with E-state index < -0.39 is 23.6 Å². The highest BCUT2D eigenvalue weighted by molar-refractivity contribution is 7.19. The molecule has 8 heteroatoms. The number of ether oxygens (including phenoxy) is 1. The molecule has 1 atom stereocenters. The van der Waals surface area contributed by atoms with Gasteiger partial charge in [-0.3, -0.25) is 4.79 Å². The summed E-state index contributed by atoms with van der Waals surface area (Å²) in [7, 11) is 0. The summed E-state index contributed by atoms with van der Waals surface area (Å²) in [5, 5.41) is 14.3. The Morgan fingerprint density at radius 1 is 1.15 bits per heavy atom. The number of aliphatic hydroxyl groups is 1. The van der Waals surface area contributed by atoms with Gasteiger partial charge in [-0.1, -0.05) is 18.2 Å². The van der Waals surface area contributed by atoms with Gasteiger partial charge in [-0.2, -0.15) is 0 Å². The van der Waals surface area contributed by atoms with Crippen LogP contribution in [-0.4, -0.2) is 23.9 Å². The van der Waals surface area contributed by atoms with Crippen LogP contribution in [0.15, 0.2) is 54.6 Å². The Hall–Kier alpha value is -2.58. The first-order valence-electron chi connectivity index (χ1n) is 7.99. The molecule has 2 aromatic carbocycles. The molecule has 3 rings (SSSR count). The number of hydrogen-bond donors (Lipinski definition) is 2. The molecule has 0 saturated carbocycles. The molecule has 0 aliphatic rings. The normalized spacial score (nSPS) is 14.0. The first kappa shape index (κ1) is 19.2. The van der Waals surface area contributed by atoms with E-state index in [9.17, 15) is 23.1 Å². The molecule has 142 valence electrons. The van der Waals surface area contributed by atoms with Crippen molar-refractivity contribution in [1.82, 2.24) is 5.32 Å². The zero-order chi connectivity index (χ0) is 19.7. The van der Waals surface area contributed by atoms with Crippen molar-refractivity contribution in [3.05, 3.63) is 65.0 Å². The van der Waals surface area contributed by atoms with Gasteiger partial charge in [0.15, 0.2) is 0 Å². The molecule has 0 aliphatic heterocycles. The number of thiophene rings is 1. The Balaban J connectivity index is 1.65. The summed E-state index contributed by atoms with van der Waals surface area (Å²) in [5.74, 6) is -0.911. The van der Waals surface area contributed by atoms with Gasteiger partial charge in [-0.25, -0.2) is 0 Å². The van der Waals surface area contributed by atoms with Crippen LogP contribution >= 0.6 is 11.3 Å². The van der Waals surface area contributed by atoms with Gasteiger partial charge >= 0.3 is 6.36 Å². The predicted octanol–water partition coefficient (Wildman–Crippen LogP) is 4.44. The topological polar surface area (TPSA) is 58.6 Å². The van der Waals surface area contributed by atoms with E-state index in [1.54, 1.807) is 6.92 Å². The van der Waals surface area contributed by atoms with Crippen LogP contribution in [0.4, 0.5) is 13.2 Å². The summed E-state index contributed by atoms with van der Waals surface area (Å²) in [6.45, 7) is 1.55. The fourth-order valence-electron chi connectivity index (χ4n) is 2.50.